The summed E-state index contributed by atoms with van der Waals surface area (Å²) in [6, 6.07) is 4.89. The van der Waals surface area contributed by atoms with Crippen LogP contribution in [0.4, 0.5) is 17.3 Å². The van der Waals surface area contributed by atoms with E-state index < -0.39 is 6.10 Å². The molecule has 0 saturated heterocycles. The van der Waals surface area contributed by atoms with E-state index in [2.05, 4.69) is 26.0 Å². The van der Waals surface area contributed by atoms with Crippen LogP contribution in [0.15, 0.2) is 35.4 Å². The summed E-state index contributed by atoms with van der Waals surface area (Å²) in [6.07, 6.45) is 5.90. The number of carbonyl (C=O) groups excluding carboxylic acids is 1. The molecule has 3 heterocycles. The number of ether oxygens (including phenoxy) is 1. The van der Waals surface area contributed by atoms with Crippen LogP contribution < -0.4 is 21.5 Å². The number of amides is 1. The van der Waals surface area contributed by atoms with Crippen molar-refractivity contribution in [2.75, 3.05) is 24.8 Å². The number of nitrogens with one attached hydrogen (secondary N) is 3. The average Bonchev–Trinajstić information content (AvgIpc) is 3.22. The Bertz CT molecular complexity index is 1250. The summed E-state index contributed by atoms with van der Waals surface area (Å²) >= 11 is 0. The molecule has 2 saturated carbocycles. The molecular formula is C22H27N7O4. The van der Waals surface area contributed by atoms with E-state index in [1.54, 1.807) is 47.6 Å². The van der Waals surface area contributed by atoms with Crippen molar-refractivity contribution < 1.29 is 14.6 Å². The zero-order chi connectivity index (χ0) is 23.1. The maximum absolute atomic E-state index is 13.0. The highest BCUT2D eigenvalue weighted by Crippen LogP contribution is 2.31. The summed E-state index contributed by atoms with van der Waals surface area (Å²) in [7, 11) is 3.38. The van der Waals surface area contributed by atoms with Crippen molar-refractivity contribution >= 4 is 28.9 Å². The fourth-order valence-corrected chi connectivity index (χ4v) is 4.32. The molecule has 2 aliphatic carbocycles. The Kier molecular flexibility index (Phi) is 5.51. The Balaban J connectivity index is 1.46. The third-order valence-corrected chi connectivity index (χ3v) is 6.60. The van der Waals surface area contributed by atoms with E-state index in [0.717, 1.165) is 19.3 Å². The van der Waals surface area contributed by atoms with E-state index in [4.69, 9.17) is 4.74 Å². The van der Waals surface area contributed by atoms with Crippen molar-refractivity contribution in [3.8, 4) is 0 Å². The monoisotopic (exact) mass is 453 g/mol. The van der Waals surface area contributed by atoms with Gasteiger partial charge in [-0.1, -0.05) is 0 Å². The van der Waals surface area contributed by atoms with Gasteiger partial charge in [-0.3, -0.25) is 9.59 Å². The van der Waals surface area contributed by atoms with Crippen LogP contribution in [0.3, 0.4) is 0 Å². The fourth-order valence-electron chi connectivity index (χ4n) is 4.32. The zero-order valence-corrected chi connectivity index (χ0v) is 18.5. The fraction of sp³-hybridized carbons (Fsp3) is 0.455. The molecule has 33 heavy (non-hydrogen) atoms. The molecule has 174 valence electrons. The van der Waals surface area contributed by atoms with Crippen molar-refractivity contribution in [2.45, 2.75) is 50.0 Å². The first-order chi connectivity index (χ1) is 16.0. The normalized spacial score (nSPS) is 24.1. The smallest absolute Gasteiger partial charge is 0.274 e. The van der Waals surface area contributed by atoms with E-state index in [9.17, 15) is 14.7 Å². The quantitative estimate of drug-likeness (QED) is 0.420. The molecule has 2 aliphatic rings. The lowest BCUT2D eigenvalue weighted by atomic mass is 9.89. The van der Waals surface area contributed by atoms with Crippen molar-refractivity contribution in [3.63, 3.8) is 0 Å². The maximum atomic E-state index is 13.0. The summed E-state index contributed by atoms with van der Waals surface area (Å²) in [5.74, 6) is 0.721. The van der Waals surface area contributed by atoms with Gasteiger partial charge in [-0.25, -0.2) is 4.98 Å². The minimum Gasteiger partial charge on any atom is -0.391 e. The van der Waals surface area contributed by atoms with Crippen LogP contribution in [0.1, 0.15) is 42.1 Å². The van der Waals surface area contributed by atoms with Crippen LogP contribution in [0, 0.1) is 0 Å². The molecule has 0 aliphatic heterocycles. The summed E-state index contributed by atoms with van der Waals surface area (Å²) in [4.78, 5) is 30.5. The van der Waals surface area contributed by atoms with Gasteiger partial charge >= 0.3 is 0 Å². The van der Waals surface area contributed by atoms with E-state index in [1.165, 1.54) is 6.20 Å². The van der Waals surface area contributed by atoms with Gasteiger partial charge in [0.25, 0.3) is 11.5 Å². The number of aliphatic hydroxyl groups excluding tert-OH is 1. The lowest BCUT2D eigenvalue weighted by molar-refractivity contribution is 0.00732. The van der Waals surface area contributed by atoms with E-state index in [-0.39, 0.29) is 29.7 Å². The molecule has 2 fully saturated rings. The topological polar surface area (TPSA) is 135 Å². The number of carbonyl (C=O) groups is 1. The largest absolute Gasteiger partial charge is 0.391 e. The third-order valence-electron chi connectivity index (χ3n) is 6.60. The molecule has 11 nitrogen and oxygen atoms in total. The average molecular weight is 454 g/mol. The van der Waals surface area contributed by atoms with E-state index in [0.29, 0.717) is 35.0 Å². The first kappa shape index (κ1) is 21.4. The van der Waals surface area contributed by atoms with Crippen LogP contribution in [-0.2, 0) is 4.74 Å². The van der Waals surface area contributed by atoms with Gasteiger partial charge in [0.2, 0.25) is 0 Å². The number of fused-ring (bicyclic) bond motifs is 1. The van der Waals surface area contributed by atoms with Gasteiger partial charge in [0, 0.05) is 26.4 Å². The molecule has 1 amide bonds. The lowest BCUT2D eigenvalue weighted by Gasteiger charge is -2.35. The molecule has 3 aromatic heterocycles. The molecule has 0 radical (unpaired) electrons. The van der Waals surface area contributed by atoms with Gasteiger partial charge in [0.05, 0.1) is 30.5 Å². The third kappa shape index (κ3) is 3.72. The number of hydrogen-bond donors (Lipinski definition) is 4. The highest BCUT2D eigenvalue weighted by Gasteiger charge is 2.33. The number of nitrogens with zero attached hydrogens (tertiary/aromatic N) is 4. The van der Waals surface area contributed by atoms with Crippen LogP contribution in [0.2, 0.25) is 0 Å². The maximum Gasteiger partial charge on any atom is 0.274 e. The van der Waals surface area contributed by atoms with Crippen molar-refractivity contribution in [2.24, 2.45) is 0 Å². The minimum atomic E-state index is -0.510. The molecule has 0 spiro atoms. The molecule has 4 atom stereocenters. The Morgan fingerprint density at radius 1 is 1.27 bits per heavy atom. The number of anilines is 3. The number of hydrogen-bond acceptors (Lipinski definition) is 8. The molecule has 3 aromatic rings. The van der Waals surface area contributed by atoms with Crippen LogP contribution in [-0.4, -0.2) is 62.6 Å². The van der Waals surface area contributed by atoms with Gasteiger partial charge in [0.1, 0.15) is 22.9 Å². The first-order valence-electron chi connectivity index (χ1n) is 11.1. The Labute approximate surface area is 189 Å². The predicted octanol–water partition coefficient (Wildman–Crippen LogP) is 1.28. The second-order valence-corrected chi connectivity index (χ2v) is 8.47. The number of rotatable bonds is 7. The number of aliphatic hydroxyl groups is 1. The second-order valence-electron chi connectivity index (χ2n) is 8.47. The standard InChI is InChI=1S/C22H27N7O4/c1-23-19-10-18(25-14-4-3-9-28(22(14)32)15-6-7-16(15)30)27-20-12(11-24-29(19)20)21(31)26-13-5-8-17(13)33-2/h3-4,9-11,13,15-17,23,30H,5-8H2,1-2H3,(H,25,27)(H,26,31)/t13-,15+,16-,17-/m0/s1. The molecule has 0 aromatic carbocycles. The van der Waals surface area contributed by atoms with Crippen molar-refractivity contribution in [1.29, 1.82) is 0 Å². The van der Waals surface area contributed by atoms with Crippen molar-refractivity contribution in [1.82, 2.24) is 24.5 Å². The van der Waals surface area contributed by atoms with Crippen LogP contribution in [0.5, 0.6) is 0 Å². The van der Waals surface area contributed by atoms with Gasteiger partial charge < -0.3 is 30.4 Å². The van der Waals surface area contributed by atoms with Gasteiger partial charge in [-0.2, -0.15) is 9.61 Å². The predicted molar refractivity (Wildman–Crippen MR) is 122 cm³/mol. The zero-order valence-electron chi connectivity index (χ0n) is 18.5. The highest BCUT2D eigenvalue weighted by atomic mass is 16.5. The summed E-state index contributed by atoms with van der Waals surface area (Å²) in [5.41, 5.74) is 0.787. The summed E-state index contributed by atoms with van der Waals surface area (Å²) in [5, 5.41) is 23.4. The van der Waals surface area contributed by atoms with Gasteiger partial charge in [-0.05, 0) is 37.8 Å². The van der Waals surface area contributed by atoms with E-state index >= 15 is 0 Å². The Morgan fingerprint density at radius 3 is 2.76 bits per heavy atom. The molecule has 0 unspecified atom stereocenters. The summed E-state index contributed by atoms with van der Waals surface area (Å²) < 4.78 is 8.46. The number of pyridine rings is 1. The number of methoxy groups -OCH3 is 1. The molecular weight excluding hydrogens is 426 g/mol. The summed E-state index contributed by atoms with van der Waals surface area (Å²) in [6.45, 7) is 0. The van der Waals surface area contributed by atoms with Crippen molar-refractivity contribution in [3.05, 3.63) is 46.5 Å². The van der Waals surface area contributed by atoms with Gasteiger partial charge in [0.15, 0.2) is 5.65 Å². The highest BCUT2D eigenvalue weighted by molar-refractivity contribution is 6.00. The molecule has 5 rings (SSSR count). The van der Waals surface area contributed by atoms with Gasteiger partial charge in [-0.15, -0.1) is 0 Å². The minimum absolute atomic E-state index is 0.0169. The Morgan fingerprint density at radius 2 is 2.12 bits per heavy atom. The Hall–Kier alpha value is -3.44. The van der Waals surface area contributed by atoms with Crippen LogP contribution in [0.25, 0.3) is 5.65 Å². The molecule has 0 bridgehead atoms. The second kappa shape index (κ2) is 8.49. The first-order valence-corrected chi connectivity index (χ1v) is 11.1. The number of aromatic nitrogens is 4. The van der Waals surface area contributed by atoms with E-state index in [1.807, 2.05) is 0 Å². The SMILES string of the molecule is CNc1cc(Nc2cccn([C@@H]3CC[C@@H]3O)c2=O)nc2c(C(=O)N[C@H]3CC[C@@H]3OC)cnn12. The molecule has 11 heteroatoms. The lowest BCUT2D eigenvalue weighted by Crippen LogP contribution is -2.51. The van der Waals surface area contributed by atoms with Crippen LogP contribution >= 0.6 is 0 Å². The molecule has 4 N–H and O–H groups in total.